The Hall–Kier alpha value is -4.13. The minimum Gasteiger partial charge on any atom is -0.487 e. The lowest BCUT2D eigenvalue weighted by atomic mass is 10.1. The summed E-state index contributed by atoms with van der Waals surface area (Å²) in [5, 5.41) is 15.7. The van der Waals surface area contributed by atoms with Crippen molar-refractivity contribution in [2.45, 2.75) is 0 Å². The Kier molecular flexibility index (Phi) is 6.78. The maximum Gasteiger partial charge on any atom is 0.335 e. The fourth-order valence-corrected chi connectivity index (χ4v) is 2.69. The van der Waals surface area contributed by atoms with Crippen LogP contribution in [0.5, 0.6) is 5.75 Å². The molecule has 0 saturated carbocycles. The van der Waals surface area contributed by atoms with E-state index >= 15 is 0 Å². The first-order valence-corrected chi connectivity index (χ1v) is 9.10. The summed E-state index contributed by atoms with van der Waals surface area (Å²) < 4.78 is 5.76. The van der Waals surface area contributed by atoms with Crippen LogP contribution in [0, 0.1) is 0 Å². The monoisotopic (exact) mass is 404 g/mol. The van der Waals surface area contributed by atoms with Crippen LogP contribution in [0.15, 0.2) is 84.0 Å². The molecule has 0 bridgehead atoms. The minimum atomic E-state index is -1.06. The van der Waals surface area contributed by atoms with Gasteiger partial charge in [0.05, 0.1) is 5.56 Å². The zero-order chi connectivity index (χ0) is 21.3. The first-order valence-electron chi connectivity index (χ1n) is 9.10. The SMILES string of the molecule is CO/N=C(/COc1ccc(C(=O)Nc2cccc(C(=O)O)c2)cc1)c1ccccc1. The molecule has 30 heavy (non-hydrogen) atoms. The number of carbonyl (C=O) groups excluding carboxylic acids is 1. The van der Waals surface area contributed by atoms with Gasteiger partial charge in [0.1, 0.15) is 25.2 Å². The standard InChI is InChI=1S/C23H20N2O5/c1-29-25-21(16-6-3-2-4-7-16)15-30-20-12-10-17(11-13-20)22(26)24-19-9-5-8-18(14-19)23(27)28/h2-14H,15H2,1H3,(H,24,26)(H,27,28)/b25-21-. The maximum absolute atomic E-state index is 12.4. The van der Waals surface area contributed by atoms with E-state index in [2.05, 4.69) is 10.5 Å². The lowest BCUT2D eigenvalue weighted by Gasteiger charge is -2.10. The smallest absolute Gasteiger partial charge is 0.335 e. The number of carboxylic acid groups (broad SMARTS) is 1. The van der Waals surface area contributed by atoms with Crippen LogP contribution in [-0.2, 0) is 4.84 Å². The minimum absolute atomic E-state index is 0.100. The van der Waals surface area contributed by atoms with Crippen molar-refractivity contribution in [3.63, 3.8) is 0 Å². The zero-order valence-corrected chi connectivity index (χ0v) is 16.2. The van der Waals surface area contributed by atoms with Gasteiger partial charge in [-0.1, -0.05) is 41.6 Å². The van der Waals surface area contributed by atoms with E-state index < -0.39 is 5.97 Å². The topological polar surface area (TPSA) is 97.2 Å². The third-order valence-electron chi connectivity index (χ3n) is 4.17. The quantitative estimate of drug-likeness (QED) is 0.436. The highest BCUT2D eigenvalue weighted by Crippen LogP contribution is 2.16. The summed E-state index contributed by atoms with van der Waals surface area (Å²) in [6.45, 7) is 0.200. The van der Waals surface area contributed by atoms with Gasteiger partial charge in [0.2, 0.25) is 0 Å². The molecule has 0 heterocycles. The summed E-state index contributed by atoms with van der Waals surface area (Å²) in [5.41, 5.74) is 2.45. The van der Waals surface area contributed by atoms with Gasteiger partial charge in [-0.2, -0.15) is 0 Å². The van der Waals surface area contributed by atoms with Crippen molar-refractivity contribution in [2.75, 3.05) is 19.0 Å². The maximum atomic E-state index is 12.4. The molecule has 0 radical (unpaired) electrons. The predicted octanol–water partition coefficient (Wildman–Crippen LogP) is 4.07. The second-order valence-corrected chi connectivity index (χ2v) is 6.24. The lowest BCUT2D eigenvalue weighted by molar-refractivity contribution is 0.0696. The Bertz CT molecular complexity index is 1050. The van der Waals surface area contributed by atoms with Crippen LogP contribution in [0.2, 0.25) is 0 Å². The Balaban J connectivity index is 1.63. The molecule has 0 aromatic heterocycles. The van der Waals surface area contributed by atoms with Crippen LogP contribution >= 0.6 is 0 Å². The van der Waals surface area contributed by atoms with Crippen molar-refractivity contribution in [2.24, 2.45) is 5.16 Å². The lowest BCUT2D eigenvalue weighted by Crippen LogP contribution is -2.14. The number of aromatic carboxylic acids is 1. The highest BCUT2D eigenvalue weighted by molar-refractivity contribution is 6.05. The van der Waals surface area contributed by atoms with E-state index in [1.807, 2.05) is 30.3 Å². The molecular weight excluding hydrogens is 384 g/mol. The summed E-state index contributed by atoms with van der Waals surface area (Å²) in [7, 11) is 1.47. The second-order valence-electron chi connectivity index (χ2n) is 6.24. The van der Waals surface area contributed by atoms with Crippen molar-refractivity contribution < 1.29 is 24.3 Å². The van der Waals surface area contributed by atoms with Crippen LogP contribution in [0.1, 0.15) is 26.3 Å². The average Bonchev–Trinajstić information content (AvgIpc) is 2.77. The molecular formula is C23H20N2O5. The molecule has 0 aliphatic heterocycles. The molecule has 0 fully saturated rings. The van der Waals surface area contributed by atoms with E-state index in [4.69, 9.17) is 14.7 Å². The number of ether oxygens (including phenoxy) is 1. The fraction of sp³-hybridized carbons (Fsp3) is 0.0870. The van der Waals surface area contributed by atoms with E-state index in [0.29, 0.717) is 22.7 Å². The molecule has 0 saturated heterocycles. The van der Waals surface area contributed by atoms with Crippen molar-refractivity contribution in [3.05, 3.63) is 95.6 Å². The number of benzene rings is 3. The van der Waals surface area contributed by atoms with Gasteiger partial charge < -0.3 is 20.0 Å². The summed E-state index contributed by atoms with van der Waals surface area (Å²) in [6.07, 6.45) is 0. The summed E-state index contributed by atoms with van der Waals surface area (Å²) in [6, 6.07) is 22.2. The third-order valence-corrected chi connectivity index (χ3v) is 4.17. The van der Waals surface area contributed by atoms with Gasteiger partial charge in [-0.25, -0.2) is 4.79 Å². The molecule has 0 atom stereocenters. The van der Waals surface area contributed by atoms with Crippen molar-refractivity contribution >= 4 is 23.3 Å². The number of hydrogen-bond donors (Lipinski definition) is 2. The molecule has 7 heteroatoms. The van der Waals surface area contributed by atoms with Crippen LogP contribution in [0.25, 0.3) is 0 Å². The Labute approximate surface area is 173 Å². The molecule has 7 nitrogen and oxygen atoms in total. The summed E-state index contributed by atoms with van der Waals surface area (Å²) >= 11 is 0. The molecule has 0 spiro atoms. The predicted molar refractivity (Wildman–Crippen MR) is 113 cm³/mol. The van der Waals surface area contributed by atoms with Gasteiger partial charge in [-0.15, -0.1) is 0 Å². The van der Waals surface area contributed by atoms with Gasteiger partial charge in [-0.05, 0) is 42.5 Å². The molecule has 1 amide bonds. The Morgan fingerprint density at radius 2 is 1.60 bits per heavy atom. The highest BCUT2D eigenvalue weighted by atomic mass is 16.6. The Morgan fingerprint density at radius 3 is 2.27 bits per heavy atom. The summed E-state index contributed by atoms with van der Waals surface area (Å²) in [4.78, 5) is 28.3. The van der Waals surface area contributed by atoms with Gasteiger partial charge in [-0.3, -0.25) is 4.79 Å². The third kappa shape index (κ3) is 5.45. The number of oxime groups is 1. The molecule has 152 valence electrons. The number of hydrogen-bond acceptors (Lipinski definition) is 5. The normalized spacial score (nSPS) is 10.9. The number of carboxylic acids is 1. The van der Waals surface area contributed by atoms with Crippen molar-refractivity contribution in [1.82, 2.24) is 0 Å². The van der Waals surface area contributed by atoms with Crippen LogP contribution < -0.4 is 10.1 Å². The molecule has 3 aromatic rings. The number of anilines is 1. The second kappa shape index (κ2) is 9.88. The highest BCUT2D eigenvalue weighted by Gasteiger charge is 2.10. The van der Waals surface area contributed by atoms with E-state index in [-0.39, 0.29) is 18.1 Å². The number of nitrogens with one attached hydrogen (secondary N) is 1. The van der Waals surface area contributed by atoms with E-state index in [1.54, 1.807) is 36.4 Å². The van der Waals surface area contributed by atoms with Crippen molar-refractivity contribution in [1.29, 1.82) is 0 Å². The number of amides is 1. The molecule has 2 N–H and O–H groups in total. The molecule has 3 aromatic carbocycles. The van der Waals surface area contributed by atoms with Crippen LogP contribution in [-0.4, -0.2) is 36.4 Å². The van der Waals surface area contributed by atoms with Crippen LogP contribution in [0.4, 0.5) is 5.69 Å². The zero-order valence-electron chi connectivity index (χ0n) is 16.2. The largest absolute Gasteiger partial charge is 0.487 e. The number of carbonyl (C=O) groups is 2. The van der Waals surface area contributed by atoms with Crippen LogP contribution in [0.3, 0.4) is 0 Å². The Morgan fingerprint density at radius 1 is 0.900 bits per heavy atom. The van der Waals surface area contributed by atoms with Gasteiger partial charge in [0.25, 0.3) is 5.91 Å². The molecule has 0 aliphatic rings. The van der Waals surface area contributed by atoms with E-state index in [0.717, 1.165) is 5.56 Å². The fourth-order valence-electron chi connectivity index (χ4n) is 2.69. The van der Waals surface area contributed by atoms with E-state index in [9.17, 15) is 9.59 Å². The molecule has 0 aliphatic carbocycles. The molecule has 3 rings (SSSR count). The van der Waals surface area contributed by atoms with Gasteiger partial charge in [0.15, 0.2) is 0 Å². The number of nitrogens with zero attached hydrogens (tertiary/aromatic N) is 1. The summed E-state index contributed by atoms with van der Waals surface area (Å²) in [5.74, 6) is -0.839. The van der Waals surface area contributed by atoms with Crippen molar-refractivity contribution in [3.8, 4) is 5.75 Å². The number of rotatable bonds is 8. The van der Waals surface area contributed by atoms with Gasteiger partial charge in [0, 0.05) is 16.8 Å². The first kappa shape index (κ1) is 20.6. The molecule has 0 unspecified atom stereocenters. The first-order chi connectivity index (χ1) is 14.6. The van der Waals surface area contributed by atoms with E-state index in [1.165, 1.54) is 19.2 Å². The van der Waals surface area contributed by atoms with Gasteiger partial charge >= 0.3 is 5.97 Å². The average molecular weight is 404 g/mol.